The molecule has 5 nitrogen and oxygen atoms in total. The molecule has 2 amide bonds. The number of carbonyl (C=O) groups is 2. The molecule has 0 radical (unpaired) electrons. The highest BCUT2D eigenvalue weighted by atomic mass is 35.5. The molecule has 3 rings (SSSR count). The summed E-state index contributed by atoms with van der Waals surface area (Å²) in [5, 5.41) is 6.26. The minimum Gasteiger partial charge on any atom is -0.322 e. The van der Waals surface area contributed by atoms with Crippen LogP contribution < -0.4 is 15.5 Å². The summed E-state index contributed by atoms with van der Waals surface area (Å²) < 4.78 is 0. The molecule has 0 aromatic heterocycles. The number of hydrogen-bond donors (Lipinski definition) is 2. The molecule has 2 N–H and O–H groups in total. The zero-order valence-corrected chi connectivity index (χ0v) is 15.6. The van der Waals surface area contributed by atoms with E-state index >= 15 is 0 Å². The number of anilines is 2. The van der Waals surface area contributed by atoms with Gasteiger partial charge < -0.3 is 15.5 Å². The zero-order valence-electron chi connectivity index (χ0n) is 14.8. The molecule has 0 saturated carbocycles. The molecule has 6 heteroatoms. The molecule has 0 unspecified atom stereocenters. The van der Waals surface area contributed by atoms with Crippen LogP contribution in [0.15, 0.2) is 48.5 Å². The number of carbonyl (C=O) groups excluding carboxylic acids is 2. The van der Waals surface area contributed by atoms with Gasteiger partial charge in [-0.05, 0) is 42.8 Å². The fourth-order valence-corrected chi connectivity index (χ4v) is 2.99. The molecule has 0 spiro atoms. The lowest BCUT2D eigenvalue weighted by Crippen LogP contribution is -2.24. The highest BCUT2D eigenvalue weighted by Crippen LogP contribution is 2.23. The summed E-state index contributed by atoms with van der Waals surface area (Å²) in [5.74, 6) is -0.0500. The minimum absolute atomic E-state index is 0. The molecule has 0 aliphatic carbocycles. The van der Waals surface area contributed by atoms with Crippen molar-refractivity contribution in [2.45, 2.75) is 26.3 Å². The Kier molecular flexibility index (Phi) is 7.18. The third-order valence-corrected chi connectivity index (χ3v) is 4.32. The first-order valence-electron chi connectivity index (χ1n) is 8.69. The second-order valence-electron chi connectivity index (χ2n) is 6.09. The maximum Gasteiger partial charge on any atom is 0.255 e. The number of para-hydroxylation sites is 1. The average Bonchev–Trinajstić information content (AvgIpc) is 3.07. The Morgan fingerprint density at radius 1 is 1.15 bits per heavy atom. The Hall–Kier alpha value is -2.37. The number of amides is 2. The molecular formula is C20H24ClN3O2. The summed E-state index contributed by atoms with van der Waals surface area (Å²) in [6, 6.07) is 15.0. The average molecular weight is 374 g/mol. The molecule has 26 heavy (non-hydrogen) atoms. The van der Waals surface area contributed by atoms with Gasteiger partial charge in [0.2, 0.25) is 5.91 Å². The number of rotatable bonds is 6. The highest BCUT2D eigenvalue weighted by molar-refractivity contribution is 6.06. The third kappa shape index (κ3) is 4.62. The van der Waals surface area contributed by atoms with E-state index in [4.69, 9.17) is 0 Å². The van der Waals surface area contributed by atoms with Crippen LogP contribution in [0.2, 0.25) is 0 Å². The van der Waals surface area contributed by atoms with Gasteiger partial charge in [-0.25, -0.2) is 0 Å². The fraction of sp³-hybridized carbons (Fsp3) is 0.300. The van der Waals surface area contributed by atoms with Gasteiger partial charge in [0.15, 0.2) is 0 Å². The van der Waals surface area contributed by atoms with Crippen LogP contribution in [0.1, 0.15) is 35.7 Å². The molecule has 1 heterocycles. The summed E-state index contributed by atoms with van der Waals surface area (Å²) in [6.45, 7) is 4.34. The van der Waals surface area contributed by atoms with Gasteiger partial charge in [-0.1, -0.05) is 31.2 Å². The monoisotopic (exact) mass is 373 g/mol. The van der Waals surface area contributed by atoms with Gasteiger partial charge in [0.25, 0.3) is 5.91 Å². The van der Waals surface area contributed by atoms with Gasteiger partial charge in [-0.2, -0.15) is 0 Å². The first kappa shape index (κ1) is 19.9. The van der Waals surface area contributed by atoms with E-state index in [1.54, 1.807) is 17.0 Å². The van der Waals surface area contributed by atoms with Crippen molar-refractivity contribution in [2.75, 3.05) is 23.3 Å². The summed E-state index contributed by atoms with van der Waals surface area (Å²) in [4.78, 5) is 26.3. The normalized spacial score (nSPS) is 13.4. The number of benzene rings is 2. The van der Waals surface area contributed by atoms with Crippen molar-refractivity contribution >= 4 is 35.6 Å². The van der Waals surface area contributed by atoms with E-state index in [0.29, 0.717) is 18.5 Å². The van der Waals surface area contributed by atoms with Crippen molar-refractivity contribution < 1.29 is 9.59 Å². The number of nitrogens with zero attached hydrogens (tertiary/aromatic N) is 1. The van der Waals surface area contributed by atoms with Crippen LogP contribution in [0.5, 0.6) is 0 Å². The lowest BCUT2D eigenvalue weighted by molar-refractivity contribution is -0.117. The van der Waals surface area contributed by atoms with Gasteiger partial charge >= 0.3 is 0 Å². The lowest BCUT2D eigenvalue weighted by atomic mass is 10.1. The molecule has 0 atom stereocenters. The second kappa shape index (κ2) is 9.36. The number of nitrogens with one attached hydrogen (secondary N) is 2. The van der Waals surface area contributed by atoms with E-state index in [9.17, 15) is 9.59 Å². The van der Waals surface area contributed by atoms with Crippen molar-refractivity contribution in [2.24, 2.45) is 0 Å². The van der Waals surface area contributed by atoms with Gasteiger partial charge in [0, 0.05) is 36.4 Å². The molecule has 1 aliphatic heterocycles. The first-order chi connectivity index (χ1) is 12.2. The van der Waals surface area contributed by atoms with Crippen LogP contribution in [0.4, 0.5) is 11.4 Å². The molecule has 138 valence electrons. The zero-order chi connectivity index (χ0) is 17.6. The van der Waals surface area contributed by atoms with Gasteiger partial charge in [0.1, 0.15) is 0 Å². The molecule has 1 fully saturated rings. The van der Waals surface area contributed by atoms with Crippen molar-refractivity contribution in [1.82, 2.24) is 5.32 Å². The van der Waals surface area contributed by atoms with E-state index in [1.165, 1.54) is 0 Å². The van der Waals surface area contributed by atoms with E-state index in [2.05, 4.69) is 10.6 Å². The fourth-order valence-electron chi connectivity index (χ4n) is 2.99. The van der Waals surface area contributed by atoms with Crippen molar-refractivity contribution in [3.63, 3.8) is 0 Å². The predicted molar refractivity (Wildman–Crippen MR) is 107 cm³/mol. The van der Waals surface area contributed by atoms with Gasteiger partial charge in [0.05, 0.1) is 0 Å². The van der Waals surface area contributed by atoms with Crippen molar-refractivity contribution in [1.29, 1.82) is 0 Å². The summed E-state index contributed by atoms with van der Waals surface area (Å²) in [7, 11) is 0. The first-order valence-corrected chi connectivity index (χ1v) is 8.69. The van der Waals surface area contributed by atoms with Gasteiger partial charge in [-0.15, -0.1) is 12.4 Å². The third-order valence-electron chi connectivity index (χ3n) is 4.32. The molecule has 1 aliphatic rings. The summed E-state index contributed by atoms with van der Waals surface area (Å²) in [5.41, 5.74) is 3.19. The molecule has 2 aromatic carbocycles. The van der Waals surface area contributed by atoms with Crippen LogP contribution in [0.3, 0.4) is 0 Å². The van der Waals surface area contributed by atoms with E-state index < -0.39 is 0 Å². The lowest BCUT2D eigenvalue weighted by Gasteiger charge is -2.17. The summed E-state index contributed by atoms with van der Waals surface area (Å²) in [6.07, 6.45) is 1.45. The summed E-state index contributed by atoms with van der Waals surface area (Å²) >= 11 is 0. The maximum absolute atomic E-state index is 12.7. The number of hydrogen-bond acceptors (Lipinski definition) is 3. The maximum atomic E-state index is 12.7. The van der Waals surface area contributed by atoms with Gasteiger partial charge in [-0.3, -0.25) is 9.59 Å². The number of halogens is 1. The van der Waals surface area contributed by atoms with Crippen LogP contribution >= 0.6 is 12.4 Å². The predicted octanol–water partition coefficient (Wildman–Crippen LogP) is 3.60. The second-order valence-corrected chi connectivity index (χ2v) is 6.09. The van der Waals surface area contributed by atoms with E-state index in [-0.39, 0.29) is 24.2 Å². The largest absolute Gasteiger partial charge is 0.322 e. The van der Waals surface area contributed by atoms with E-state index in [0.717, 1.165) is 36.4 Å². The Balaban J connectivity index is 0.00000243. The Labute approximate surface area is 160 Å². The van der Waals surface area contributed by atoms with Crippen LogP contribution in [0.25, 0.3) is 0 Å². The standard InChI is InChI=1S/C20H23N3O2.ClH/c1-2-21-14-16-7-3-4-10-18(16)22-20(25)15-8-5-9-17(13-15)23-12-6-11-19(23)24;/h3-5,7-10,13,21H,2,6,11-12,14H2,1H3,(H,22,25);1H. The molecular weight excluding hydrogens is 350 g/mol. The Morgan fingerprint density at radius 3 is 2.69 bits per heavy atom. The van der Waals surface area contributed by atoms with Crippen LogP contribution in [0, 0.1) is 0 Å². The molecule has 1 saturated heterocycles. The molecule has 0 bridgehead atoms. The Bertz CT molecular complexity index is 779. The Morgan fingerprint density at radius 2 is 1.96 bits per heavy atom. The highest BCUT2D eigenvalue weighted by Gasteiger charge is 2.22. The topological polar surface area (TPSA) is 61.4 Å². The smallest absolute Gasteiger partial charge is 0.255 e. The van der Waals surface area contributed by atoms with Crippen LogP contribution in [-0.4, -0.2) is 24.9 Å². The SMILES string of the molecule is CCNCc1ccccc1NC(=O)c1cccc(N2CCCC2=O)c1.Cl. The molecule has 2 aromatic rings. The van der Waals surface area contributed by atoms with Crippen molar-refractivity contribution in [3.8, 4) is 0 Å². The quantitative estimate of drug-likeness (QED) is 0.813. The van der Waals surface area contributed by atoms with Crippen LogP contribution in [-0.2, 0) is 11.3 Å². The van der Waals surface area contributed by atoms with E-state index in [1.807, 2.05) is 43.3 Å². The minimum atomic E-state index is -0.169. The van der Waals surface area contributed by atoms with Crippen molar-refractivity contribution in [3.05, 3.63) is 59.7 Å².